The topological polar surface area (TPSA) is 100 Å². The fraction of sp³-hybridized carbons (Fsp3) is 0.417. The number of fused-ring (bicyclic) bond motifs is 1. The number of hydroxylamine groups is 1. The highest BCUT2D eigenvalue weighted by molar-refractivity contribution is 6.36. The van der Waals surface area contributed by atoms with Crippen molar-refractivity contribution in [2.75, 3.05) is 18.6 Å². The van der Waals surface area contributed by atoms with Gasteiger partial charge in [-0.1, -0.05) is 0 Å². The molecule has 4 rings (SSSR count). The number of nitrogens with one attached hydrogen (secondary N) is 2. The maximum atomic E-state index is 14.9. The smallest absolute Gasteiger partial charge is 0.277 e. The van der Waals surface area contributed by atoms with E-state index < -0.39 is 11.7 Å². The summed E-state index contributed by atoms with van der Waals surface area (Å²) in [6.07, 6.45) is 5.50. The Morgan fingerprint density at radius 3 is 2.62 bits per heavy atom. The van der Waals surface area contributed by atoms with Crippen molar-refractivity contribution in [3.8, 4) is 0 Å². The van der Waals surface area contributed by atoms with Gasteiger partial charge in [-0.25, -0.2) is 9.87 Å². The number of carbonyl (C=O) groups is 2. The van der Waals surface area contributed by atoms with E-state index in [1.807, 2.05) is 19.9 Å². The van der Waals surface area contributed by atoms with Crippen LogP contribution < -0.4 is 16.1 Å². The number of halogens is 1. The van der Waals surface area contributed by atoms with Gasteiger partial charge in [0.2, 0.25) is 0 Å². The SMILES string of the molecule is CONC(=O)c1cc2c(cc1F)/C(=C/c1[nH]c(C)cc1C)C(=O)N2CC1CCC(N)CC1. The lowest BCUT2D eigenvalue weighted by Gasteiger charge is -2.30. The van der Waals surface area contributed by atoms with E-state index >= 15 is 0 Å². The highest BCUT2D eigenvalue weighted by Gasteiger charge is 2.36. The van der Waals surface area contributed by atoms with Crippen LogP contribution in [0, 0.1) is 25.6 Å². The standard InChI is InChI=1S/C24H29FN4O3/c1-13-8-14(2)27-21(13)10-18-17-9-20(25)19(23(30)28-32-3)11-22(17)29(24(18)31)12-15-4-6-16(26)7-5-15/h8-11,15-16,27H,4-7,12,26H2,1-3H3,(H,28,30)/b18-10-. The number of hydrogen-bond donors (Lipinski definition) is 3. The Balaban J connectivity index is 1.77. The molecule has 0 atom stereocenters. The zero-order valence-corrected chi connectivity index (χ0v) is 18.6. The van der Waals surface area contributed by atoms with Crippen LogP contribution in [0.1, 0.15) is 58.6 Å². The third kappa shape index (κ3) is 4.20. The van der Waals surface area contributed by atoms with Crippen molar-refractivity contribution in [1.29, 1.82) is 0 Å². The van der Waals surface area contributed by atoms with Crippen molar-refractivity contribution >= 4 is 29.2 Å². The van der Waals surface area contributed by atoms with Crippen LogP contribution in [0.5, 0.6) is 0 Å². The van der Waals surface area contributed by atoms with Crippen LogP contribution in [-0.4, -0.2) is 36.5 Å². The number of aromatic amines is 1. The molecule has 32 heavy (non-hydrogen) atoms. The first kappa shape index (κ1) is 22.2. The van der Waals surface area contributed by atoms with Crippen LogP contribution in [0.4, 0.5) is 10.1 Å². The fourth-order valence-corrected chi connectivity index (χ4v) is 4.69. The molecule has 7 nitrogen and oxygen atoms in total. The number of hydrogen-bond acceptors (Lipinski definition) is 4. The number of nitrogens with zero attached hydrogens (tertiary/aromatic N) is 1. The molecule has 2 heterocycles. The first-order valence-electron chi connectivity index (χ1n) is 10.9. The highest BCUT2D eigenvalue weighted by atomic mass is 19.1. The van der Waals surface area contributed by atoms with Crippen molar-refractivity contribution < 1.29 is 18.8 Å². The summed E-state index contributed by atoms with van der Waals surface area (Å²) in [6.45, 7) is 4.41. The maximum Gasteiger partial charge on any atom is 0.277 e. The number of rotatable bonds is 5. The molecule has 8 heteroatoms. The zero-order chi connectivity index (χ0) is 23.0. The van der Waals surface area contributed by atoms with Crippen LogP contribution >= 0.6 is 0 Å². The average molecular weight is 441 g/mol. The van der Waals surface area contributed by atoms with Crippen molar-refractivity contribution in [3.63, 3.8) is 0 Å². The van der Waals surface area contributed by atoms with Crippen LogP contribution in [0.15, 0.2) is 18.2 Å². The van der Waals surface area contributed by atoms with E-state index in [0.717, 1.165) is 42.6 Å². The van der Waals surface area contributed by atoms with Crippen LogP contribution in [-0.2, 0) is 9.63 Å². The predicted octanol–water partition coefficient (Wildman–Crippen LogP) is 3.47. The number of amides is 2. The van der Waals surface area contributed by atoms with E-state index in [4.69, 9.17) is 5.73 Å². The van der Waals surface area contributed by atoms with Gasteiger partial charge in [0, 0.05) is 29.5 Å². The number of carbonyl (C=O) groups excluding carboxylic acids is 2. The molecule has 1 fully saturated rings. The van der Waals surface area contributed by atoms with Crippen LogP contribution in [0.25, 0.3) is 11.6 Å². The van der Waals surface area contributed by atoms with Gasteiger partial charge in [-0.05, 0) is 75.3 Å². The number of benzene rings is 1. The van der Waals surface area contributed by atoms with E-state index in [-0.39, 0.29) is 17.5 Å². The minimum absolute atomic E-state index is 0.165. The number of anilines is 1. The summed E-state index contributed by atoms with van der Waals surface area (Å²) in [5, 5.41) is 0. The third-order valence-corrected chi connectivity index (χ3v) is 6.39. The number of aryl methyl sites for hydroxylation is 2. The second kappa shape index (κ2) is 8.88. The minimum Gasteiger partial charge on any atom is -0.359 e. The number of nitrogens with two attached hydrogens (primary N) is 1. The summed E-state index contributed by atoms with van der Waals surface area (Å²) in [5.74, 6) is -1.29. The van der Waals surface area contributed by atoms with Gasteiger partial charge in [0.15, 0.2) is 0 Å². The fourth-order valence-electron chi connectivity index (χ4n) is 4.69. The second-order valence-corrected chi connectivity index (χ2v) is 8.79. The number of aromatic nitrogens is 1. The Kier molecular flexibility index (Phi) is 6.17. The summed E-state index contributed by atoms with van der Waals surface area (Å²) in [6, 6.07) is 4.92. The second-order valence-electron chi connectivity index (χ2n) is 8.79. The zero-order valence-electron chi connectivity index (χ0n) is 18.6. The van der Waals surface area contributed by atoms with E-state index in [0.29, 0.717) is 29.3 Å². The first-order chi connectivity index (χ1) is 15.3. The molecule has 1 saturated carbocycles. The van der Waals surface area contributed by atoms with Crippen LogP contribution in [0.2, 0.25) is 0 Å². The van der Waals surface area contributed by atoms with Gasteiger partial charge in [-0.3, -0.25) is 14.4 Å². The molecule has 2 amide bonds. The molecule has 0 radical (unpaired) electrons. The monoisotopic (exact) mass is 440 g/mol. The molecule has 0 saturated heterocycles. The Bertz CT molecular complexity index is 1080. The Morgan fingerprint density at radius 2 is 2.00 bits per heavy atom. The van der Waals surface area contributed by atoms with Gasteiger partial charge in [-0.2, -0.15) is 0 Å². The van der Waals surface area contributed by atoms with E-state index in [1.54, 1.807) is 11.0 Å². The molecule has 0 bridgehead atoms. The maximum absolute atomic E-state index is 14.9. The largest absolute Gasteiger partial charge is 0.359 e. The van der Waals surface area contributed by atoms with Crippen molar-refractivity contribution in [2.45, 2.75) is 45.6 Å². The molecule has 0 spiro atoms. The van der Waals surface area contributed by atoms with Crippen LogP contribution in [0.3, 0.4) is 0 Å². The average Bonchev–Trinajstić information content (AvgIpc) is 3.19. The highest BCUT2D eigenvalue weighted by Crippen LogP contribution is 2.41. The summed E-state index contributed by atoms with van der Waals surface area (Å²) in [5.41, 5.74) is 12.3. The van der Waals surface area contributed by atoms with Crippen molar-refractivity contribution in [2.24, 2.45) is 11.7 Å². The predicted molar refractivity (Wildman–Crippen MR) is 121 cm³/mol. The molecule has 0 unspecified atom stereocenters. The van der Waals surface area contributed by atoms with E-state index in [2.05, 4.69) is 15.3 Å². The quantitative estimate of drug-likeness (QED) is 0.490. The molecule has 1 aliphatic heterocycles. The number of H-pyrrole nitrogens is 1. The normalized spacial score (nSPS) is 21.8. The van der Waals surface area contributed by atoms with Gasteiger partial charge >= 0.3 is 0 Å². The molecule has 1 aromatic carbocycles. The van der Waals surface area contributed by atoms with Gasteiger partial charge in [0.05, 0.1) is 23.9 Å². The lowest BCUT2D eigenvalue weighted by atomic mass is 9.86. The molecule has 2 aromatic rings. The van der Waals surface area contributed by atoms with Gasteiger partial charge in [0.1, 0.15) is 5.82 Å². The molecule has 1 aromatic heterocycles. The van der Waals surface area contributed by atoms with Crippen molar-refractivity contribution in [3.05, 3.63) is 52.1 Å². The lowest BCUT2D eigenvalue weighted by Crippen LogP contribution is -2.36. The molecular formula is C24H29FN4O3. The summed E-state index contributed by atoms with van der Waals surface area (Å²) in [7, 11) is 1.29. The first-order valence-corrected chi connectivity index (χ1v) is 10.9. The van der Waals surface area contributed by atoms with E-state index in [1.165, 1.54) is 19.2 Å². The molecular weight excluding hydrogens is 411 g/mol. The van der Waals surface area contributed by atoms with Gasteiger partial charge in [0.25, 0.3) is 11.8 Å². The summed E-state index contributed by atoms with van der Waals surface area (Å²) < 4.78 is 14.9. The third-order valence-electron chi connectivity index (χ3n) is 6.39. The van der Waals surface area contributed by atoms with Gasteiger partial charge in [-0.15, -0.1) is 0 Å². The van der Waals surface area contributed by atoms with Crippen molar-refractivity contribution in [1.82, 2.24) is 10.5 Å². The van der Waals surface area contributed by atoms with E-state index in [9.17, 15) is 14.0 Å². The summed E-state index contributed by atoms with van der Waals surface area (Å²) in [4.78, 5) is 35.4. The Labute approximate surface area is 186 Å². The molecule has 1 aliphatic carbocycles. The summed E-state index contributed by atoms with van der Waals surface area (Å²) >= 11 is 0. The minimum atomic E-state index is -0.707. The lowest BCUT2D eigenvalue weighted by molar-refractivity contribution is -0.113. The van der Waals surface area contributed by atoms with Gasteiger partial charge < -0.3 is 15.6 Å². The molecule has 4 N–H and O–H groups in total. The Hall–Kier alpha value is -2.97. The molecule has 170 valence electrons. The molecule has 2 aliphatic rings. The Morgan fingerprint density at radius 1 is 1.28 bits per heavy atom.